The van der Waals surface area contributed by atoms with Crippen LogP contribution in [0.4, 0.5) is 21.5 Å². The number of hydrogen-bond donors (Lipinski definition) is 2. The first-order valence-electron chi connectivity index (χ1n) is 10.0. The molecule has 0 aromatic heterocycles. The Morgan fingerprint density at radius 3 is 2.90 bits per heavy atom. The molecule has 4 rings (SSSR count). The second-order valence-electron chi connectivity index (χ2n) is 7.75. The summed E-state index contributed by atoms with van der Waals surface area (Å²) in [7, 11) is 1.85. The largest absolute Gasteiger partial charge is 0.361 e. The second kappa shape index (κ2) is 8.73. The molecule has 6 nitrogen and oxygen atoms in total. The number of aliphatic imine (C=N–C) groups is 1. The van der Waals surface area contributed by atoms with Gasteiger partial charge in [-0.05, 0) is 55.0 Å². The van der Waals surface area contributed by atoms with E-state index in [0.717, 1.165) is 35.0 Å². The summed E-state index contributed by atoms with van der Waals surface area (Å²) in [5, 5.41) is 3.14. The van der Waals surface area contributed by atoms with Crippen LogP contribution in [0, 0.1) is 11.7 Å². The van der Waals surface area contributed by atoms with Crippen molar-refractivity contribution in [3.8, 4) is 0 Å². The van der Waals surface area contributed by atoms with Crippen LogP contribution in [0.25, 0.3) is 0 Å². The zero-order chi connectivity index (χ0) is 21.3. The Balaban J connectivity index is 1.71. The monoisotopic (exact) mass is 474 g/mol. The summed E-state index contributed by atoms with van der Waals surface area (Å²) in [5.74, 6) is -0.526. The molecule has 2 N–H and O–H groups in total. The normalized spacial score (nSPS) is 15.1. The van der Waals surface area contributed by atoms with Gasteiger partial charge in [-0.3, -0.25) is 9.63 Å². The molecule has 1 saturated carbocycles. The summed E-state index contributed by atoms with van der Waals surface area (Å²) in [6, 6.07) is 7.41. The van der Waals surface area contributed by atoms with Crippen molar-refractivity contribution < 1.29 is 14.0 Å². The first kappa shape index (κ1) is 20.8. The molecule has 2 aliphatic rings. The van der Waals surface area contributed by atoms with Crippen molar-refractivity contribution in [1.82, 2.24) is 10.4 Å². The molecule has 1 heterocycles. The van der Waals surface area contributed by atoms with Crippen molar-refractivity contribution in [2.45, 2.75) is 32.7 Å². The summed E-state index contributed by atoms with van der Waals surface area (Å²) >= 11 is 3.47. The number of anilines is 2. The van der Waals surface area contributed by atoms with Crippen LogP contribution in [0.15, 0.2) is 33.7 Å². The second-order valence-corrected chi connectivity index (χ2v) is 8.66. The van der Waals surface area contributed by atoms with Gasteiger partial charge in [-0.1, -0.05) is 22.9 Å². The highest BCUT2D eigenvalue weighted by Gasteiger charge is 2.26. The number of carbonyl (C=O) groups excluding carboxylic acids is 1. The lowest BCUT2D eigenvalue weighted by Crippen LogP contribution is -2.27. The Kier molecular flexibility index (Phi) is 6.06. The number of nitrogens with zero attached hydrogens (tertiary/aromatic N) is 2. The van der Waals surface area contributed by atoms with Crippen LogP contribution in [0.5, 0.6) is 0 Å². The Morgan fingerprint density at radius 1 is 1.37 bits per heavy atom. The average molecular weight is 475 g/mol. The summed E-state index contributed by atoms with van der Waals surface area (Å²) in [4.78, 5) is 24.3. The molecule has 0 atom stereocenters. The lowest BCUT2D eigenvalue weighted by atomic mass is 10.0. The third kappa shape index (κ3) is 4.49. The molecule has 0 saturated heterocycles. The lowest BCUT2D eigenvalue weighted by molar-refractivity contribution is 0.0270. The predicted octanol–water partition coefficient (Wildman–Crippen LogP) is 5.07. The molecule has 2 aromatic carbocycles. The molecule has 0 bridgehead atoms. The maximum absolute atomic E-state index is 15.5. The van der Waals surface area contributed by atoms with E-state index in [1.165, 1.54) is 0 Å². The minimum Gasteiger partial charge on any atom is -0.361 e. The zero-order valence-electron chi connectivity index (χ0n) is 17.0. The molecule has 2 aromatic rings. The molecule has 1 aliphatic carbocycles. The number of hydrogen-bond acceptors (Lipinski definition) is 5. The number of aryl methyl sites for hydroxylation is 1. The number of nitrogens with one attached hydrogen (secondary N) is 2. The minimum absolute atomic E-state index is 0.0972. The smallest absolute Gasteiger partial charge is 0.277 e. The van der Waals surface area contributed by atoms with Crippen molar-refractivity contribution >= 4 is 45.2 Å². The van der Waals surface area contributed by atoms with Crippen LogP contribution in [0.1, 0.15) is 41.3 Å². The van der Waals surface area contributed by atoms with Gasteiger partial charge in [-0.15, -0.1) is 0 Å². The Bertz CT molecular complexity index is 1010. The Hall–Kier alpha value is -2.45. The fraction of sp³-hybridized carbons (Fsp3) is 0.364. The molecule has 8 heteroatoms. The summed E-state index contributed by atoms with van der Waals surface area (Å²) in [6.07, 6.45) is 4.57. The van der Waals surface area contributed by atoms with Gasteiger partial charge in [0.05, 0.1) is 24.2 Å². The number of benzene rings is 2. The van der Waals surface area contributed by atoms with Crippen molar-refractivity contribution in [2.75, 3.05) is 19.0 Å². The van der Waals surface area contributed by atoms with Crippen LogP contribution < -0.4 is 10.8 Å². The maximum atomic E-state index is 15.5. The quantitative estimate of drug-likeness (QED) is 0.549. The summed E-state index contributed by atoms with van der Waals surface area (Å²) in [5.41, 5.74) is 5.41. The van der Waals surface area contributed by atoms with Gasteiger partial charge >= 0.3 is 0 Å². The molecule has 1 aliphatic heterocycles. The molecule has 30 heavy (non-hydrogen) atoms. The third-order valence-corrected chi connectivity index (χ3v) is 5.75. The zero-order valence-corrected chi connectivity index (χ0v) is 18.6. The van der Waals surface area contributed by atoms with Gasteiger partial charge in [0.25, 0.3) is 5.91 Å². The Labute approximate surface area is 183 Å². The van der Waals surface area contributed by atoms with E-state index in [4.69, 9.17) is 4.84 Å². The van der Waals surface area contributed by atoms with Gasteiger partial charge in [0, 0.05) is 29.3 Å². The number of amides is 1. The fourth-order valence-electron chi connectivity index (χ4n) is 3.40. The molecule has 158 valence electrons. The van der Waals surface area contributed by atoms with Crippen molar-refractivity contribution in [2.24, 2.45) is 10.9 Å². The fourth-order valence-corrected chi connectivity index (χ4v) is 3.80. The van der Waals surface area contributed by atoms with Crippen LogP contribution >= 0.6 is 15.9 Å². The number of halogens is 2. The van der Waals surface area contributed by atoms with E-state index >= 15 is 4.39 Å². The molecule has 0 spiro atoms. The highest BCUT2D eigenvalue weighted by atomic mass is 79.9. The van der Waals surface area contributed by atoms with Gasteiger partial charge < -0.3 is 10.2 Å². The van der Waals surface area contributed by atoms with E-state index in [1.807, 2.05) is 37.1 Å². The number of carbonyl (C=O) groups is 1. The number of hydroxylamine groups is 1. The first-order valence-corrected chi connectivity index (χ1v) is 10.8. The highest BCUT2D eigenvalue weighted by Crippen LogP contribution is 2.37. The van der Waals surface area contributed by atoms with Crippen LogP contribution in [0.3, 0.4) is 0 Å². The van der Waals surface area contributed by atoms with E-state index in [1.54, 1.807) is 12.4 Å². The SMILES string of the molecule is CCc1cc(Br)ccc1Nc1c(C(=O)NOCC2CC2)cc2c(c1F)N=CN(C)C2. The topological polar surface area (TPSA) is 66.0 Å². The summed E-state index contributed by atoms with van der Waals surface area (Å²) < 4.78 is 16.5. The van der Waals surface area contributed by atoms with Crippen molar-refractivity contribution in [1.29, 1.82) is 0 Å². The molecular weight excluding hydrogens is 451 g/mol. The van der Waals surface area contributed by atoms with Gasteiger partial charge in [0.2, 0.25) is 0 Å². The van der Waals surface area contributed by atoms with E-state index in [9.17, 15) is 4.79 Å². The van der Waals surface area contributed by atoms with Crippen LogP contribution in [0.2, 0.25) is 0 Å². The standard InChI is InChI=1S/C22H24BrFN4O2/c1-3-14-8-16(23)6-7-18(14)26-21-17(22(29)27-30-11-13-4-5-13)9-15-10-28(2)12-25-20(15)19(21)24/h6-9,12-13,26H,3-5,10-11H2,1-2H3,(H,27,29). The lowest BCUT2D eigenvalue weighted by Gasteiger charge is -2.23. The Morgan fingerprint density at radius 2 is 2.17 bits per heavy atom. The highest BCUT2D eigenvalue weighted by molar-refractivity contribution is 9.10. The molecule has 1 fully saturated rings. The van der Waals surface area contributed by atoms with E-state index in [0.29, 0.717) is 24.6 Å². The van der Waals surface area contributed by atoms with Crippen molar-refractivity contribution in [3.63, 3.8) is 0 Å². The van der Waals surface area contributed by atoms with Gasteiger partial charge in [0.15, 0.2) is 5.82 Å². The van der Waals surface area contributed by atoms with Crippen LogP contribution in [-0.2, 0) is 17.8 Å². The van der Waals surface area contributed by atoms with E-state index in [-0.39, 0.29) is 16.9 Å². The minimum atomic E-state index is -0.547. The maximum Gasteiger partial charge on any atom is 0.277 e. The van der Waals surface area contributed by atoms with Gasteiger partial charge in [-0.25, -0.2) is 14.9 Å². The number of fused-ring (bicyclic) bond motifs is 1. The van der Waals surface area contributed by atoms with Crippen LogP contribution in [-0.4, -0.2) is 30.8 Å². The average Bonchev–Trinajstić information content (AvgIpc) is 3.55. The summed E-state index contributed by atoms with van der Waals surface area (Å²) in [6.45, 7) is 2.97. The first-order chi connectivity index (χ1) is 14.5. The molecule has 0 unspecified atom stereocenters. The van der Waals surface area contributed by atoms with Gasteiger partial charge in [-0.2, -0.15) is 0 Å². The van der Waals surface area contributed by atoms with Gasteiger partial charge in [0.1, 0.15) is 5.69 Å². The van der Waals surface area contributed by atoms with E-state index in [2.05, 4.69) is 31.7 Å². The number of rotatable bonds is 7. The van der Waals surface area contributed by atoms with E-state index < -0.39 is 11.7 Å². The molecular formula is C22H24BrFN4O2. The third-order valence-electron chi connectivity index (χ3n) is 5.26. The molecule has 1 amide bonds. The van der Waals surface area contributed by atoms with Crippen molar-refractivity contribution in [3.05, 3.63) is 51.2 Å². The predicted molar refractivity (Wildman–Crippen MR) is 119 cm³/mol. The molecule has 0 radical (unpaired) electrons.